The lowest BCUT2D eigenvalue weighted by Crippen LogP contribution is -2.44. The van der Waals surface area contributed by atoms with Crippen molar-refractivity contribution >= 4 is 33.9 Å². The van der Waals surface area contributed by atoms with Crippen LogP contribution in [0.1, 0.15) is 29.0 Å². The zero-order valence-corrected chi connectivity index (χ0v) is 20.7. The summed E-state index contributed by atoms with van der Waals surface area (Å²) in [4.78, 5) is 35.6. The van der Waals surface area contributed by atoms with Crippen LogP contribution in [0.25, 0.3) is 22.0 Å². The van der Waals surface area contributed by atoms with Gasteiger partial charge in [-0.2, -0.15) is 0 Å². The lowest BCUT2D eigenvalue weighted by molar-refractivity contribution is 0.0968. The van der Waals surface area contributed by atoms with Crippen LogP contribution in [-0.2, 0) is 0 Å². The number of ketones is 1. The van der Waals surface area contributed by atoms with Crippen LogP contribution in [0.15, 0.2) is 55.1 Å². The molecule has 0 bridgehead atoms. The Kier molecular flexibility index (Phi) is 5.99. The molecule has 0 amide bonds. The summed E-state index contributed by atoms with van der Waals surface area (Å²) in [6.45, 7) is 3.96. The summed E-state index contributed by atoms with van der Waals surface area (Å²) in [6.07, 6.45) is 14.2. The number of Topliss-reactive ketones (excluding diaryl/α,β-unsaturated/α-hetero) is 1. The van der Waals surface area contributed by atoms with Crippen LogP contribution in [0, 0.1) is 18.3 Å². The molecule has 8 heteroatoms. The van der Waals surface area contributed by atoms with E-state index in [4.69, 9.17) is 11.4 Å². The Bertz CT molecular complexity index is 1500. The minimum absolute atomic E-state index is 0.0745. The van der Waals surface area contributed by atoms with E-state index in [0.717, 1.165) is 78.2 Å². The molecule has 2 fully saturated rings. The Hall–Kier alpha value is -4.35. The second-order valence-electron chi connectivity index (χ2n) is 9.68. The highest BCUT2D eigenvalue weighted by atomic mass is 16.1. The summed E-state index contributed by atoms with van der Waals surface area (Å²) in [7, 11) is 2.14. The Morgan fingerprint density at radius 2 is 1.73 bits per heavy atom. The molecule has 8 nitrogen and oxygen atoms in total. The first kappa shape index (κ1) is 23.1. The molecule has 4 aromatic rings. The van der Waals surface area contributed by atoms with Gasteiger partial charge in [0.05, 0.1) is 28.7 Å². The maximum atomic E-state index is 13.2. The van der Waals surface area contributed by atoms with E-state index in [1.165, 1.54) is 0 Å². The Balaban J connectivity index is 1.37. The van der Waals surface area contributed by atoms with Gasteiger partial charge >= 0.3 is 0 Å². The number of nitrogens with zero attached hydrogens (tertiary/aromatic N) is 6. The number of piperazine rings is 1. The van der Waals surface area contributed by atoms with E-state index in [1.54, 1.807) is 18.6 Å². The minimum Gasteiger partial charge on any atom is -0.354 e. The predicted molar refractivity (Wildman–Crippen MR) is 145 cm³/mol. The number of benzene rings is 1. The molecule has 1 N–H and O–H groups in total. The van der Waals surface area contributed by atoms with Crippen LogP contribution in [-0.4, -0.2) is 63.8 Å². The first-order chi connectivity index (χ1) is 18.1. The lowest BCUT2D eigenvalue weighted by atomic mass is 10.00. The molecule has 1 aliphatic heterocycles. The van der Waals surface area contributed by atoms with Gasteiger partial charge in [-0.1, -0.05) is 6.07 Å². The van der Waals surface area contributed by atoms with Gasteiger partial charge in [-0.05, 0) is 55.6 Å². The van der Waals surface area contributed by atoms with Crippen molar-refractivity contribution < 1.29 is 4.79 Å². The Labute approximate surface area is 215 Å². The van der Waals surface area contributed by atoms with Gasteiger partial charge in [0.15, 0.2) is 5.78 Å². The molecular weight excluding hydrogens is 462 g/mol. The summed E-state index contributed by atoms with van der Waals surface area (Å²) in [5.74, 6) is 3.96. The Morgan fingerprint density at radius 3 is 2.41 bits per heavy atom. The number of fused-ring (bicyclic) bond motifs is 1. The van der Waals surface area contributed by atoms with E-state index < -0.39 is 0 Å². The first-order valence-electron chi connectivity index (χ1n) is 12.5. The van der Waals surface area contributed by atoms with Crippen molar-refractivity contribution in [3.05, 3.63) is 66.5 Å². The van der Waals surface area contributed by atoms with E-state index in [0.29, 0.717) is 11.4 Å². The number of nitrogens with one attached hydrogen (secondary N) is 1. The standard InChI is InChI=1S/C29H27N7O/c1-3-26-31-15-21(16-32-26)20-6-8-25-23(14-20)28(24(18-30-25)29(37)19-4-5-19)34-22-7-9-27(33-17-22)36-12-10-35(2)11-13-36/h1,6-9,14-19H,4-5,10-13H2,2H3,(H,30,34). The number of hydrogen-bond donors (Lipinski definition) is 1. The largest absolute Gasteiger partial charge is 0.354 e. The molecule has 1 aliphatic carbocycles. The third-order valence-electron chi connectivity index (χ3n) is 7.04. The number of carbonyl (C=O) groups excluding carboxylic acids is 1. The van der Waals surface area contributed by atoms with Crippen LogP contribution in [0.5, 0.6) is 0 Å². The molecule has 0 unspecified atom stereocenters. The number of pyridine rings is 2. The molecule has 184 valence electrons. The van der Waals surface area contributed by atoms with Crippen molar-refractivity contribution in [3.8, 4) is 23.5 Å². The third kappa shape index (κ3) is 4.74. The van der Waals surface area contributed by atoms with Crippen molar-refractivity contribution in [2.75, 3.05) is 43.4 Å². The van der Waals surface area contributed by atoms with E-state index in [9.17, 15) is 4.79 Å². The molecule has 1 aromatic carbocycles. The number of terminal acetylenes is 1. The van der Waals surface area contributed by atoms with Crippen LogP contribution in [0.4, 0.5) is 17.2 Å². The fourth-order valence-corrected chi connectivity index (χ4v) is 4.64. The van der Waals surface area contributed by atoms with Crippen molar-refractivity contribution in [2.45, 2.75) is 12.8 Å². The van der Waals surface area contributed by atoms with Crippen LogP contribution < -0.4 is 10.2 Å². The maximum absolute atomic E-state index is 13.2. The summed E-state index contributed by atoms with van der Waals surface area (Å²) in [5.41, 5.74) is 4.72. The van der Waals surface area contributed by atoms with Crippen molar-refractivity contribution in [1.82, 2.24) is 24.8 Å². The molecular formula is C29H27N7O. The van der Waals surface area contributed by atoms with E-state index in [1.807, 2.05) is 36.5 Å². The fraction of sp³-hybridized carbons (Fsp3) is 0.276. The van der Waals surface area contributed by atoms with Crippen molar-refractivity contribution in [3.63, 3.8) is 0 Å². The molecule has 0 spiro atoms. The topological polar surface area (TPSA) is 87.1 Å². The quantitative estimate of drug-likeness (QED) is 0.319. The summed E-state index contributed by atoms with van der Waals surface area (Å²) >= 11 is 0. The molecule has 0 atom stereocenters. The lowest BCUT2D eigenvalue weighted by Gasteiger charge is -2.33. The number of aromatic nitrogens is 4. The molecule has 37 heavy (non-hydrogen) atoms. The number of carbonyl (C=O) groups is 1. The van der Waals surface area contributed by atoms with E-state index in [-0.39, 0.29) is 11.7 Å². The smallest absolute Gasteiger partial charge is 0.204 e. The minimum atomic E-state index is 0.0745. The van der Waals surface area contributed by atoms with Crippen LogP contribution in [0.3, 0.4) is 0 Å². The fourth-order valence-electron chi connectivity index (χ4n) is 4.64. The van der Waals surface area contributed by atoms with Gasteiger partial charge in [0.1, 0.15) is 5.82 Å². The highest BCUT2D eigenvalue weighted by Crippen LogP contribution is 2.38. The van der Waals surface area contributed by atoms with Gasteiger partial charge in [-0.15, -0.1) is 6.42 Å². The van der Waals surface area contributed by atoms with Crippen molar-refractivity contribution in [1.29, 1.82) is 0 Å². The van der Waals surface area contributed by atoms with Gasteiger partial charge in [0, 0.05) is 61.6 Å². The zero-order valence-electron chi connectivity index (χ0n) is 20.7. The predicted octanol–water partition coefficient (Wildman–Crippen LogP) is 4.16. The van der Waals surface area contributed by atoms with Crippen LogP contribution in [0.2, 0.25) is 0 Å². The molecule has 2 aliphatic rings. The SMILES string of the molecule is C#Cc1ncc(-c2ccc3ncc(C(=O)C4CC4)c(Nc4ccc(N5CCN(C)CC5)nc4)c3c2)cn1. The van der Waals surface area contributed by atoms with Gasteiger partial charge in [-0.3, -0.25) is 9.78 Å². The number of hydrogen-bond acceptors (Lipinski definition) is 8. The number of likely N-dealkylation sites (N-methyl/N-ethyl adjacent to an activating group) is 1. The number of anilines is 3. The highest BCUT2D eigenvalue weighted by Gasteiger charge is 2.32. The average Bonchev–Trinajstić information content (AvgIpc) is 3.79. The maximum Gasteiger partial charge on any atom is 0.204 e. The van der Waals surface area contributed by atoms with Crippen LogP contribution >= 0.6 is 0 Å². The highest BCUT2D eigenvalue weighted by molar-refractivity contribution is 6.11. The second kappa shape index (κ2) is 9.60. The second-order valence-corrected chi connectivity index (χ2v) is 9.68. The summed E-state index contributed by atoms with van der Waals surface area (Å²) in [5, 5.41) is 4.36. The van der Waals surface area contributed by atoms with E-state index >= 15 is 0 Å². The molecule has 4 heterocycles. The van der Waals surface area contributed by atoms with E-state index in [2.05, 4.69) is 43.0 Å². The normalized spacial score (nSPS) is 15.9. The molecule has 1 saturated heterocycles. The monoisotopic (exact) mass is 489 g/mol. The first-order valence-corrected chi connectivity index (χ1v) is 12.5. The molecule has 6 rings (SSSR count). The third-order valence-corrected chi connectivity index (χ3v) is 7.04. The zero-order chi connectivity index (χ0) is 25.4. The molecule has 3 aromatic heterocycles. The average molecular weight is 490 g/mol. The number of rotatable bonds is 6. The van der Waals surface area contributed by atoms with Crippen molar-refractivity contribution in [2.24, 2.45) is 5.92 Å². The summed E-state index contributed by atoms with van der Waals surface area (Å²) < 4.78 is 0. The van der Waals surface area contributed by atoms with Gasteiger partial charge < -0.3 is 15.1 Å². The van der Waals surface area contributed by atoms with Gasteiger partial charge in [0.2, 0.25) is 5.82 Å². The summed E-state index contributed by atoms with van der Waals surface area (Å²) in [6, 6.07) is 10.0. The van der Waals surface area contributed by atoms with Gasteiger partial charge in [0.25, 0.3) is 0 Å². The van der Waals surface area contributed by atoms with Gasteiger partial charge in [-0.25, -0.2) is 15.0 Å². The molecule has 1 saturated carbocycles. The Morgan fingerprint density at radius 1 is 0.946 bits per heavy atom. The molecule has 0 radical (unpaired) electrons.